The summed E-state index contributed by atoms with van der Waals surface area (Å²) in [5.41, 5.74) is 21.2. The number of para-hydroxylation sites is 2. The molecule has 7 aromatic carbocycles. The van der Waals surface area contributed by atoms with Crippen LogP contribution in [0.1, 0.15) is 110 Å². The van der Waals surface area contributed by atoms with Crippen molar-refractivity contribution in [3.63, 3.8) is 0 Å². The molecule has 3 aliphatic rings. The first kappa shape index (κ1) is 43.8. The standard InChI is InChI=1S/C63H64BN3O/c1-41-37-53-56-54(38-41)67(51-34-29-44(61(5,6)7)39-49(51)42-21-15-12-16-22-42)52-40-48(65(45-23-17-13-18-24-45)46-25-19-14-20-26-46)32-33-50(52)64(56)59-57(55-58(68-59)63(10,11)36-35-62(55,8)9)66(53)47-30-27-43(28-31-47)60(2,3)4/h12-34,37-40H,35-36H2,1-11H3. The normalized spacial score (nSPS) is 15.6. The second-order valence-electron chi connectivity index (χ2n) is 23.0. The van der Waals surface area contributed by atoms with Crippen LogP contribution in [0.15, 0.2) is 168 Å². The molecule has 0 saturated heterocycles. The fraction of sp³-hybridized carbons (Fsp3) is 0.270. The van der Waals surface area contributed by atoms with Crippen LogP contribution in [0.3, 0.4) is 0 Å². The highest BCUT2D eigenvalue weighted by atomic mass is 16.3. The second kappa shape index (κ2) is 15.7. The smallest absolute Gasteiger partial charge is 0.297 e. The number of hydrogen-bond donors (Lipinski definition) is 0. The zero-order chi connectivity index (χ0) is 47.5. The Balaban J connectivity index is 1.26. The molecule has 0 fully saturated rings. The van der Waals surface area contributed by atoms with Gasteiger partial charge in [-0.2, -0.15) is 0 Å². The van der Waals surface area contributed by atoms with Gasteiger partial charge in [0.15, 0.2) is 0 Å². The lowest BCUT2D eigenvalue weighted by Crippen LogP contribution is -2.61. The quantitative estimate of drug-likeness (QED) is 0.155. The Bertz CT molecular complexity index is 3170. The summed E-state index contributed by atoms with van der Waals surface area (Å²) in [5.74, 6) is 1.13. The Morgan fingerprint density at radius 1 is 0.529 bits per heavy atom. The van der Waals surface area contributed by atoms with E-state index in [1.165, 1.54) is 61.4 Å². The number of hydrogen-bond acceptors (Lipinski definition) is 4. The van der Waals surface area contributed by atoms with E-state index in [-0.39, 0.29) is 28.4 Å². The number of benzene rings is 7. The minimum atomic E-state index is -0.158. The lowest BCUT2D eigenvalue weighted by Gasteiger charge is -2.45. The average molecular weight is 890 g/mol. The molecule has 0 amide bonds. The molecular formula is C63H64BN3O. The summed E-state index contributed by atoms with van der Waals surface area (Å²) in [6.07, 6.45) is 2.15. The summed E-state index contributed by atoms with van der Waals surface area (Å²) in [6.45, 7) is 25.6. The Kier molecular flexibility index (Phi) is 10.1. The van der Waals surface area contributed by atoms with Crippen molar-refractivity contribution >= 4 is 74.5 Å². The number of aryl methyl sites for hydroxylation is 1. The number of furan rings is 1. The Morgan fingerprint density at radius 3 is 1.69 bits per heavy atom. The van der Waals surface area contributed by atoms with Crippen LogP contribution in [0, 0.1) is 6.92 Å². The monoisotopic (exact) mass is 890 g/mol. The maximum Gasteiger partial charge on any atom is 0.297 e. The van der Waals surface area contributed by atoms with Crippen molar-refractivity contribution in [2.75, 3.05) is 14.7 Å². The molecule has 0 N–H and O–H groups in total. The molecule has 1 aliphatic carbocycles. The van der Waals surface area contributed by atoms with E-state index in [9.17, 15) is 0 Å². The van der Waals surface area contributed by atoms with Crippen LogP contribution in [0.25, 0.3) is 11.1 Å². The van der Waals surface area contributed by atoms with Gasteiger partial charge in [0.1, 0.15) is 5.76 Å². The molecule has 5 heteroatoms. The van der Waals surface area contributed by atoms with E-state index in [0.717, 1.165) is 58.4 Å². The molecule has 340 valence electrons. The minimum absolute atomic E-state index is 0.0265. The first-order valence-corrected chi connectivity index (χ1v) is 24.7. The third kappa shape index (κ3) is 7.11. The summed E-state index contributed by atoms with van der Waals surface area (Å²) >= 11 is 0. The van der Waals surface area contributed by atoms with Gasteiger partial charge in [-0.05, 0) is 142 Å². The van der Waals surface area contributed by atoms with Gasteiger partial charge in [0, 0.05) is 56.4 Å². The molecular weight excluding hydrogens is 826 g/mol. The molecule has 68 heavy (non-hydrogen) atoms. The summed E-state index contributed by atoms with van der Waals surface area (Å²) in [5, 5.41) is 0. The van der Waals surface area contributed by atoms with Crippen LogP contribution in [0.5, 0.6) is 0 Å². The second-order valence-corrected chi connectivity index (χ2v) is 23.0. The van der Waals surface area contributed by atoms with Crippen LogP contribution in [-0.4, -0.2) is 6.71 Å². The summed E-state index contributed by atoms with van der Waals surface area (Å²) in [7, 11) is 0. The SMILES string of the molecule is Cc1cc2c3c(c1)N(c1ccc(C(C)(C)C)cc1)c1c(oc4c1C(C)(C)CCC4(C)C)B3c1ccc(N(c3ccccc3)c3ccccc3)cc1N2c1ccc(C(C)(C)C)cc1-c1ccccc1. The predicted molar refractivity (Wildman–Crippen MR) is 290 cm³/mol. The van der Waals surface area contributed by atoms with Crippen LogP contribution in [-0.2, 0) is 21.7 Å². The van der Waals surface area contributed by atoms with Crippen molar-refractivity contribution in [3.05, 3.63) is 192 Å². The van der Waals surface area contributed by atoms with Gasteiger partial charge >= 0.3 is 0 Å². The zero-order valence-corrected chi connectivity index (χ0v) is 41.8. The van der Waals surface area contributed by atoms with Gasteiger partial charge in [-0.3, -0.25) is 0 Å². The van der Waals surface area contributed by atoms with E-state index >= 15 is 0 Å². The van der Waals surface area contributed by atoms with Crippen LogP contribution < -0.4 is 31.3 Å². The molecule has 3 heterocycles. The first-order valence-electron chi connectivity index (χ1n) is 24.7. The van der Waals surface area contributed by atoms with Gasteiger partial charge in [-0.1, -0.05) is 160 Å². The maximum absolute atomic E-state index is 7.68. The van der Waals surface area contributed by atoms with Gasteiger partial charge in [-0.15, -0.1) is 0 Å². The van der Waals surface area contributed by atoms with Gasteiger partial charge in [0.2, 0.25) is 0 Å². The van der Waals surface area contributed by atoms with Gasteiger partial charge in [0.05, 0.1) is 17.0 Å². The Morgan fingerprint density at radius 2 is 1.09 bits per heavy atom. The maximum atomic E-state index is 7.68. The van der Waals surface area contributed by atoms with E-state index in [1.54, 1.807) is 0 Å². The van der Waals surface area contributed by atoms with Crippen molar-refractivity contribution < 1.29 is 4.42 Å². The van der Waals surface area contributed by atoms with Crippen molar-refractivity contribution in [1.29, 1.82) is 0 Å². The minimum Gasteiger partial charge on any atom is -0.472 e. The molecule has 0 unspecified atom stereocenters. The highest BCUT2D eigenvalue weighted by molar-refractivity contribution is 6.99. The molecule has 4 nitrogen and oxygen atoms in total. The lowest BCUT2D eigenvalue weighted by atomic mass is 9.35. The van der Waals surface area contributed by atoms with E-state index in [0.29, 0.717) is 0 Å². The third-order valence-electron chi connectivity index (χ3n) is 15.1. The van der Waals surface area contributed by atoms with Crippen molar-refractivity contribution in [2.24, 2.45) is 0 Å². The molecule has 0 radical (unpaired) electrons. The fourth-order valence-corrected chi connectivity index (χ4v) is 11.3. The Hall–Kier alpha value is -6.72. The summed E-state index contributed by atoms with van der Waals surface area (Å²) in [4.78, 5) is 7.57. The molecule has 0 atom stereocenters. The number of anilines is 9. The van der Waals surface area contributed by atoms with E-state index < -0.39 is 0 Å². The van der Waals surface area contributed by atoms with E-state index in [4.69, 9.17) is 4.42 Å². The van der Waals surface area contributed by atoms with E-state index in [1.807, 2.05) is 0 Å². The molecule has 1 aromatic heterocycles. The van der Waals surface area contributed by atoms with Crippen molar-refractivity contribution in [1.82, 2.24) is 0 Å². The van der Waals surface area contributed by atoms with Gasteiger partial charge in [0.25, 0.3) is 6.71 Å². The average Bonchev–Trinajstić information content (AvgIpc) is 3.74. The number of fused-ring (bicyclic) bond motifs is 6. The lowest BCUT2D eigenvalue weighted by molar-refractivity contribution is 0.282. The highest BCUT2D eigenvalue weighted by Gasteiger charge is 2.52. The number of rotatable bonds is 6. The summed E-state index contributed by atoms with van der Waals surface area (Å²) in [6, 6.07) is 61.1. The van der Waals surface area contributed by atoms with Gasteiger partial charge < -0.3 is 19.1 Å². The molecule has 2 aliphatic heterocycles. The zero-order valence-electron chi connectivity index (χ0n) is 41.8. The molecule has 0 bridgehead atoms. The van der Waals surface area contributed by atoms with E-state index in [2.05, 4.69) is 255 Å². The van der Waals surface area contributed by atoms with Crippen LogP contribution in [0.4, 0.5) is 51.2 Å². The fourth-order valence-electron chi connectivity index (χ4n) is 11.3. The molecule has 8 aromatic rings. The van der Waals surface area contributed by atoms with Crippen molar-refractivity contribution in [3.8, 4) is 11.1 Å². The largest absolute Gasteiger partial charge is 0.472 e. The Labute approximate surface area is 405 Å². The third-order valence-corrected chi connectivity index (χ3v) is 15.1. The summed E-state index contributed by atoms with van der Waals surface area (Å²) < 4.78 is 7.68. The van der Waals surface area contributed by atoms with Crippen LogP contribution >= 0.6 is 0 Å². The topological polar surface area (TPSA) is 22.9 Å². The van der Waals surface area contributed by atoms with Crippen molar-refractivity contribution in [2.45, 2.75) is 111 Å². The molecule has 0 spiro atoms. The highest BCUT2D eigenvalue weighted by Crippen LogP contribution is 2.55. The number of nitrogens with zero attached hydrogens (tertiary/aromatic N) is 3. The molecule has 0 saturated carbocycles. The van der Waals surface area contributed by atoms with Crippen LogP contribution in [0.2, 0.25) is 0 Å². The predicted octanol–water partition coefficient (Wildman–Crippen LogP) is 15.8. The van der Waals surface area contributed by atoms with Gasteiger partial charge in [-0.25, -0.2) is 0 Å². The molecule has 11 rings (SSSR count). The first-order chi connectivity index (χ1) is 32.4.